The lowest BCUT2D eigenvalue weighted by Crippen LogP contribution is -2.31. The molecule has 0 unspecified atom stereocenters. The molecule has 32 heavy (non-hydrogen) atoms. The SMILES string of the molecule is CCOC(=O)/C=C/c1ccc(NC(=O)C(C)(C)CCCOc2cc(C)ccc2C)cc1C. The Kier molecular flexibility index (Phi) is 9.06. The highest BCUT2D eigenvalue weighted by molar-refractivity contribution is 5.95. The van der Waals surface area contributed by atoms with Crippen LogP contribution in [-0.4, -0.2) is 25.1 Å². The molecule has 1 amide bonds. The van der Waals surface area contributed by atoms with E-state index in [4.69, 9.17) is 9.47 Å². The minimum absolute atomic E-state index is 0.0292. The molecule has 172 valence electrons. The monoisotopic (exact) mass is 437 g/mol. The average molecular weight is 438 g/mol. The summed E-state index contributed by atoms with van der Waals surface area (Å²) >= 11 is 0. The molecule has 0 aliphatic heterocycles. The van der Waals surface area contributed by atoms with Gasteiger partial charge < -0.3 is 14.8 Å². The zero-order valence-electron chi connectivity index (χ0n) is 20.1. The summed E-state index contributed by atoms with van der Waals surface area (Å²) < 4.78 is 10.8. The normalized spacial score (nSPS) is 11.4. The minimum Gasteiger partial charge on any atom is -0.493 e. The molecule has 0 aliphatic rings. The second-order valence-electron chi connectivity index (χ2n) is 8.72. The Hall–Kier alpha value is -3.08. The highest BCUT2D eigenvalue weighted by Crippen LogP contribution is 2.26. The Morgan fingerprint density at radius 2 is 1.78 bits per heavy atom. The number of esters is 1. The first-order chi connectivity index (χ1) is 15.1. The van der Waals surface area contributed by atoms with Crippen LogP contribution in [0, 0.1) is 26.2 Å². The molecule has 0 radical (unpaired) electrons. The third-order valence-corrected chi connectivity index (χ3v) is 5.38. The van der Waals surface area contributed by atoms with Crippen LogP contribution in [0.15, 0.2) is 42.5 Å². The van der Waals surface area contributed by atoms with Crippen LogP contribution < -0.4 is 10.1 Å². The van der Waals surface area contributed by atoms with Crippen molar-refractivity contribution in [2.45, 2.75) is 54.4 Å². The molecule has 0 aromatic heterocycles. The minimum atomic E-state index is -0.526. The Morgan fingerprint density at radius 1 is 1.03 bits per heavy atom. The molecule has 5 nitrogen and oxygen atoms in total. The van der Waals surface area contributed by atoms with Crippen LogP contribution >= 0.6 is 0 Å². The summed E-state index contributed by atoms with van der Waals surface area (Å²) in [6.07, 6.45) is 4.62. The number of carbonyl (C=O) groups is 2. The fourth-order valence-electron chi connectivity index (χ4n) is 3.26. The van der Waals surface area contributed by atoms with Gasteiger partial charge in [-0.25, -0.2) is 4.79 Å². The lowest BCUT2D eigenvalue weighted by molar-refractivity contribution is -0.137. The molecule has 1 N–H and O–H groups in total. The third kappa shape index (κ3) is 7.56. The van der Waals surface area contributed by atoms with Gasteiger partial charge in [0, 0.05) is 17.2 Å². The van der Waals surface area contributed by atoms with E-state index >= 15 is 0 Å². The van der Waals surface area contributed by atoms with E-state index < -0.39 is 5.41 Å². The van der Waals surface area contributed by atoms with Crippen LogP contribution in [0.5, 0.6) is 5.75 Å². The highest BCUT2D eigenvalue weighted by Gasteiger charge is 2.27. The number of hydrogen-bond donors (Lipinski definition) is 1. The van der Waals surface area contributed by atoms with Crippen LogP contribution in [0.4, 0.5) is 5.69 Å². The maximum absolute atomic E-state index is 12.9. The van der Waals surface area contributed by atoms with Gasteiger partial charge in [-0.15, -0.1) is 0 Å². The number of benzene rings is 2. The van der Waals surface area contributed by atoms with Crippen molar-refractivity contribution in [3.63, 3.8) is 0 Å². The van der Waals surface area contributed by atoms with E-state index in [1.165, 1.54) is 11.6 Å². The number of ether oxygens (including phenoxy) is 2. The van der Waals surface area contributed by atoms with Crippen LogP contribution in [-0.2, 0) is 14.3 Å². The number of aryl methyl sites for hydroxylation is 3. The predicted molar refractivity (Wildman–Crippen MR) is 130 cm³/mol. The molecule has 0 saturated heterocycles. The maximum atomic E-state index is 12.9. The number of rotatable bonds is 10. The number of nitrogens with one attached hydrogen (secondary N) is 1. The molecule has 0 bridgehead atoms. The maximum Gasteiger partial charge on any atom is 0.330 e. The molecule has 2 aromatic carbocycles. The standard InChI is InChI=1S/C27H35NO4/c1-7-31-25(29)14-12-22-11-13-23(18-21(22)4)28-26(30)27(5,6)15-8-16-32-24-17-19(2)9-10-20(24)3/h9-14,17-18H,7-8,15-16H2,1-6H3,(H,28,30)/b14-12+. The van der Waals surface area contributed by atoms with E-state index in [1.54, 1.807) is 13.0 Å². The predicted octanol–water partition coefficient (Wildman–Crippen LogP) is 6.01. The molecule has 0 heterocycles. The van der Waals surface area contributed by atoms with Gasteiger partial charge in [0.1, 0.15) is 5.75 Å². The number of carbonyl (C=O) groups excluding carboxylic acids is 2. The van der Waals surface area contributed by atoms with Gasteiger partial charge in [-0.2, -0.15) is 0 Å². The van der Waals surface area contributed by atoms with Crippen molar-refractivity contribution in [2.75, 3.05) is 18.5 Å². The van der Waals surface area contributed by atoms with E-state index in [0.717, 1.165) is 34.5 Å². The first-order valence-electron chi connectivity index (χ1n) is 11.1. The van der Waals surface area contributed by atoms with Gasteiger partial charge in [0.2, 0.25) is 5.91 Å². The van der Waals surface area contributed by atoms with E-state index in [0.29, 0.717) is 19.6 Å². The third-order valence-electron chi connectivity index (χ3n) is 5.38. The Labute approximate surface area is 191 Å². The highest BCUT2D eigenvalue weighted by atomic mass is 16.5. The molecule has 0 aliphatic carbocycles. The van der Waals surface area contributed by atoms with E-state index in [-0.39, 0.29) is 11.9 Å². The van der Waals surface area contributed by atoms with Crippen molar-refractivity contribution in [1.82, 2.24) is 0 Å². The number of amides is 1. The summed E-state index contributed by atoms with van der Waals surface area (Å²) in [5, 5.41) is 3.02. The summed E-state index contributed by atoms with van der Waals surface area (Å²) in [7, 11) is 0. The van der Waals surface area contributed by atoms with E-state index in [9.17, 15) is 9.59 Å². The van der Waals surface area contributed by atoms with Crippen molar-refractivity contribution in [2.24, 2.45) is 5.41 Å². The topological polar surface area (TPSA) is 64.6 Å². The van der Waals surface area contributed by atoms with Gasteiger partial charge in [-0.1, -0.05) is 32.0 Å². The first kappa shape index (κ1) is 25.2. The van der Waals surface area contributed by atoms with Gasteiger partial charge >= 0.3 is 5.97 Å². The van der Waals surface area contributed by atoms with E-state index in [2.05, 4.69) is 17.4 Å². The smallest absolute Gasteiger partial charge is 0.330 e. The molecule has 0 spiro atoms. The Bertz CT molecular complexity index is 976. The van der Waals surface area contributed by atoms with Gasteiger partial charge in [0.15, 0.2) is 0 Å². The fraction of sp³-hybridized carbons (Fsp3) is 0.407. The molecule has 0 saturated carbocycles. The summed E-state index contributed by atoms with van der Waals surface area (Å²) in [6, 6.07) is 11.8. The summed E-state index contributed by atoms with van der Waals surface area (Å²) in [6.45, 7) is 12.6. The molecule has 2 rings (SSSR count). The Balaban J connectivity index is 1.89. The largest absolute Gasteiger partial charge is 0.493 e. The van der Waals surface area contributed by atoms with Crippen molar-refractivity contribution in [3.8, 4) is 5.75 Å². The zero-order valence-corrected chi connectivity index (χ0v) is 20.1. The molecule has 0 atom stereocenters. The molecular weight excluding hydrogens is 402 g/mol. The van der Waals surface area contributed by atoms with Gasteiger partial charge in [0.05, 0.1) is 13.2 Å². The van der Waals surface area contributed by atoms with Crippen molar-refractivity contribution < 1.29 is 19.1 Å². The van der Waals surface area contributed by atoms with Gasteiger partial charge in [0.25, 0.3) is 0 Å². The first-order valence-corrected chi connectivity index (χ1v) is 11.1. The molecule has 2 aromatic rings. The van der Waals surface area contributed by atoms with Crippen molar-refractivity contribution in [1.29, 1.82) is 0 Å². The summed E-state index contributed by atoms with van der Waals surface area (Å²) in [4.78, 5) is 24.3. The lowest BCUT2D eigenvalue weighted by atomic mass is 9.86. The fourth-order valence-corrected chi connectivity index (χ4v) is 3.26. The second kappa shape index (κ2) is 11.5. The number of anilines is 1. The van der Waals surface area contributed by atoms with Crippen LogP contribution in [0.2, 0.25) is 0 Å². The van der Waals surface area contributed by atoms with Crippen molar-refractivity contribution >= 4 is 23.6 Å². The lowest BCUT2D eigenvalue weighted by Gasteiger charge is -2.24. The molecular formula is C27H35NO4. The zero-order chi connectivity index (χ0) is 23.7. The van der Waals surface area contributed by atoms with E-state index in [1.807, 2.05) is 58.9 Å². The molecule has 0 fully saturated rings. The van der Waals surface area contributed by atoms with Gasteiger partial charge in [-0.05, 0) is 87.1 Å². The Morgan fingerprint density at radius 3 is 2.47 bits per heavy atom. The average Bonchev–Trinajstić information content (AvgIpc) is 2.73. The van der Waals surface area contributed by atoms with Crippen LogP contribution in [0.3, 0.4) is 0 Å². The summed E-state index contributed by atoms with van der Waals surface area (Å²) in [5.41, 5.74) is 4.36. The van der Waals surface area contributed by atoms with Gasteiger partial charge in [-0.3, -0.25) is 4.79 Å². The second-order valence-corrected chi connectivity index (χ2v) is 8.72. The quantitative estimate of drug-likeness (QED) is 0.281. The van der Waals surface area contributed by atoms with Crippen LogP contribution in [0.1, 0.15) is 55.9 Å². The van der Waals surface area contributed by atoms with Crippen molar-refractivity contribution in [3.05, 3.63) is 64.7 Å². The van der Waals surface area contributed by atoms with Crippen LogP contribution in [0.25, 0.3) is 6.08 Å². The molecule has 5 heteroatoms. The number of hydrogen-bond acceptors (Lipinski definition) is 4. The summed E-state index contributed by atoms with van der Waals surface area (Å²) in [5.74, 6) is 0.505.